The molecule has 1 aromatic heterocycles. The Morgan fingerprint density at radius 3 is 2.75 bits per heavy atom. The van der Waals surface area contributed by atoms with Crippen LogP contribution in [0.15, 0.2) is 28.7 Å². The van der Waals surface area contributed by atoms with Crippen molar-refractivity contribution in [2.75, 3.05) is 20.1 Å². The van der Waals surface area contributed by atoms with E-state index in [0.717, 1.165) is 28.8 Å². The van der Waals surface area contributed by atoms with Gasteiger partial charge in [0.25, 0.3) is 6.43 Å². The van der Waals surface area contributed by atoms with Crippen molar-refractivity contribution in [3.63, 3.8) is 0 Å². The molecule has 0 unspecified atom stereocenters. The number of hydrogen-bond acceptors (Lipinski definition) is 3. The van der Waals surface area contributed by atoms with Crippen LogP contribution >= 0.6 is 0 Å². The van der Waals surface area contributed by atoms with Gasteiger partial charge in [0.05, 0.1) is 13.1 Å². The summed E-state index contributed by atoms with van der Waals surface area (Å²) < 4.78 is 30.6. The third-order valence-corrected chi connectivity index (χ3v) is 3.20. The largest absolute Gasteiger partial charge is 0.459 e. The van der Waals surface area contributed by atoms with Gasteiger partial charge in [0, 0.05) is 17.5 Å². The number of hydrogen-bond donors (Lipinski definition) is 1. The van der Waals surface area contributed by atoms with Crippen LogP contribution in [0.5, 0.6) is 0 Å². The molecule has 0 aliphatic heterocycles. The van der Waals surface area contributed by atoms with Crippen LogP contribution in [0.1, 0.15) is 18.2 Å². The zero-order chi connectivity index (χ0) is 14.5. The number of nitrogens with one attached hydrogen (secondary N) is 1. The molecule has 0 radical (unpaired) electrons. The zero-order valence-corrected chi connectivity index (χ0v) is 11.8. The standard InChI is InChI=1S/C15H20F2N2O/c1-3-18-8-12-11-6-4-5-7-13(11)20-14(12)9-19(2)10-15(16)17/h4-7,15,18H,3,8-10H2,1-2H3. The molecule has 0 bridgehead atoms. The van der Waals surface area contributed by atoms with E-state index in [4.69, 9.17) is 4.42 Å². The molecule has 1 N–H and O–H groups in total. The average molecular weight is 282 g/mol. The maximum Gasteiger partial charge on any atom is 0.251 e. The first-order valence-electron chi connectivity index (χ1n) is 6.78. The molecule has 0 amide bonds. The van der Waals surface area contributed by atoms with Gasteiger partial charge in [-0.05, 0) is 19.7 Å². The molecule has 3 nitrogen and oxygen atoms in total. The highest BCUT2D eigenvalue weighted by Gasteiger charge is 2.16. The normalized spacial score (nSPS) is 11.9. The van der Waals surface area contributed by atoms with Crippen molar-refractivity contribution in [1.82, 2.24) is 10.2 Å². The number of rotatable bonds is 7. The Kier molecular flexibility index (Phi) is 5.09. The Balaban J connectivity index is 2.26. The Morgan fingerprint density at radius 1 is 1.30 bits per heavy atom. The minimum Gasteiger partial charge on any atom is -0.459 e. The Labute approximate surface area is 117 Å². The fraction of sp³-hybridized carbons (Fsp3) is 0.467. The number of nitrogens with zero attached hydrogens (tertiary/aromatic N) is 1. The van der Waals surface area contributed by atoms with Crippen molar-refractivity contribution in [2.24, 2.45) is 0 Å². The van der Waals surface area contributed by atoms with Crippen LogP contribution in [0.3, 0.4) is 0 Å². The first kappa shape index (κ1) is 14.9. The minimum atomic E-state index is -2.33. The van der Waals surface area contributed by atoms with E-state index in [1.54, 1.807) is 11.9 Å². The van der Waals surface area contributed by atoms with Crippen molar-refractivity contribution < 1.29 is 13.2 Å². The summed E-state index contributed by atoms with van der Waals surface area (Å²) in [4.78, 5) is 1.58. The number of fused-ring (bicyclic) bond motifs is 1. The first-order chi connectivity index (χ1) is 9.61. The second-order valence-electron chi connectivity index (χ2n) is 4.87. The topological polar surface area (TPSA) is 28.4 Å². The van der Waals surface area contributed by atoms with Gasteiger partial charge in [-0.25, -0.2) is 8.78 Å². The average Bonchev–Trinajstić information content (AvgIpc) is 2.72. The molecule has 0 aliphatic carbocycles. The van der Waals surface area contributed by atoms with Gasteiger partial charge in [0.15, 0.2) is 0 Å². The van der Waals surface area contributed by atoms with Crippen molar-refractivity contribution in [1.29, 1.82) is 0 Å². The Morgan fingerprint density at radius 2 is 2.05 bits per heavy atom. The van der Waals surface area contributed by atoms with Crippen molar-refractivity contribution >= 4 is 11.0 Å². The van der Waals surface area contributed by atoms with Crippen LogP contribution in [0.4, 0.5) is 8.78 Å². The highest BCUT2D eigenvalue weighted by Crippen LogP contribution is 2.26. The van der Waals surface area contributed by atoms with E-state index in [1.807, 2.05) is 31.2 Å². The van der Waals surface area contributed by atoms with Crippen LogP contribution in [0.2, 0.25) is 0 Å². The van der Waals surface area contributed by atoms with Crippen LogP contribution in [0, 0.1) is 0 Å². The van der Waals surface area contributed by atoms with Gasteiger partial charge in [-0.3, -0.25) is 4.90 Å². The fourth-order valence-corrected chi connectivity index (χ4v) is 2.27. The SMILES string of the molecule is CCNCc1c(CN(C)CC(F)F)oc2ccccc12. The van der Waals surface area contributed by atoms with Gasteiger partial charge in [-0.1, -0.05) is 25.1 Å². The number of halogens is 2. The monoisotopic (exact) mass is 282 g/mol. The first-order valence-corrected chi connectivity index (χ1v) is 6.78. The quantitative estimate of drug-likeness (QED) is 0.845. The molecular formula is C15H20F2N2O. The van der Waals surface area contributed by atoms with Gasteiger partial charge >= 0.3 is 0 Å². The molecule has 0 spiro atoms. The lowest BCUT2D eigenvalue weighted by molar-refractivity contribution is 0.0947. The molecule has 0 saturated heterocycles. The summed E-state index contributed by atoms with van der Waals surface area (Å²) in [5.41, 5.74) is 1.87. The molecule has 2 aromatic rings. The van der Waals surface area contributed by atoms with E-state index in [2.05, 4.69) is 5.32 Å². The van der Waals surface area contributed by atoms with E-state index >= 15 is 0 Å². The van der Waals surface area contributed by atoms with Crippen LogP contribution in [0.25, 0.3) is 11.0 Å². The molecule has 0 atom stereocenters. The molecule has 1 heterocycles. The zero-order valence-electron chi connectivity index (χ0n) is 11.8. The summed E-state index contributed by atoms with van der Waals surface area (Å²) in [6.45, 7) is 3.71. The molecular weight excluding hydrogens is 262 g/mol. The maximum absolute atomic E-state index is 12.4. The predicted octanol–water partition coefficient (Wildman–Crippen LogP) is 3.24. The van der Waals surface area contributed by atoms with Crippen molar-refractivity contribution in [2.45, 2.75) is 26.4 Å². The van der Waals surface area contributed by atoms with E-state index in [0.29, 0.717) is 13.1 Å². The number of alkyl halides is 2. The highest BCUT2D eigenvalue weighted by atomic mass is 19.3. The summed E-state index contributed by atoms with van der Waals surface area (Å²) in [7, 11) is 1.68. The number of para-hydroxylation sites is 1. The van der Waals surface area contributed by atoms with Crippen molar-refractivity contribution in [3.8, 4) is 0 Å². The summed E-state index contributed by atoms with van der Waals surface area (Å²) in [6, 6.07) is 7.78. The van der Waals surface area contributed by atoms with E-state index in [1.165, 1.54) is 0 Å². The maximum atomic E-state index is 12.4. The second-order valence-corrected chi connectivity index (χ2v) is 4.87. The smallest absolute Gasteiger partial charge is 0.251 e. The number of benzene rings is 1. The summed E-state index contributed by atoms with van der Waals surface area (Å²) in [5.74, 6) is 0.760. The summed E-state index contributed by atoms with van der Waals surface area (Å²) in [6.07, 6.45) is -2.33. The molecule has 2 rings (SSSR count). The molecule has 0 aliphatic rings. The van der Waals surface area contributed by atoms with E-state index in [-0.39, 0.29) is 6.54 Å². The summed E-state index contributed by atoms with van der Waals surface area (Å²) in [5, 5.41) is 4.32. The predicted molar refractivity (Wildman–Crippen MR) is 75.9 cm³/mol. The third kappa shape index (κ3) is 3.55. The minimum absolute atomic E-state index is 0.252. The molecule has 0 saturated carbocycles. The van der Waals surface area contributed by atoms with E-state index < -0.39 is 6.43 Å². The molecule has 20 heavy (non-hydrogen) atoms. The highest BCUT2D eigenvalue weighted by molar-refractivity contribution is 5.82. The van der Waals surface area contributed by atoms with Crippen molar-refractivity contribution in [3.05, 3.63) is 35.6 Å². The third-order valence-electron chi connectivity index (χ3n) is 3.20. The fourth-order valence-electron chi connectivity index (χ4n) is 2.27. The van der Waals surface area contributed by atoms with Gasteiger partial charge in [-0.15, -0.1) is 0 Å². The lowest BCUT2D eigenvalue weighted by Crippen LogP contribution is -2.24. The lowest BCUT2D eigenvalue weighted by atomic mass is 10.1. The van der Waals surface area contributed by atoms with E-state index in [9.17, 15) is 8.78 Å². The van der Waals surface area contributed by atoms with Gasteiger partial charge in [0.2, 0.25) is 0 Å². The molecule has 5 heteroatoms. The second kappa shape index (κ2) is 6.81. The molecule has 110 valence electrons. The lowest BCUT2D eigenvalue weighted by Gasteiger charge is -2.15. The van der Waals surface area contributed by atoms with Gasteiger partial charge in [-0.2, -0.15) is 0 Å². The molecule has 0 fully saturated rings. The number of furan rings is 1. The van der Waals surface area contributed by atoms with Crippen LogP contribution in [-0.2, 0) is 13.1 Å². The van der Waals surface area contributed by atoms with Crippen LogP contribution < -0.4 is 5.32 Å². The Hall–Kier alpha value is -1.46. The summed E-state index contributed by atoms with van der Waals surface area (Å²) >= 11 is 0. The van der Waals surface area contributed by atoms with Crippen LogP contribution in [-0.4, -0.2) is 31.5 Å². The van der Waals surface area contributed by atoms with Gasteiger partial charge < -0.3 is 9.73 Å². The molecule has 1 aromatic carbocycles. The Bertz CT molecular complexity index is 554. The van der Waals surface area contributed by atoms with Gasteiger partial charge in [0.1, 0.15) is 11.3 Å².